The van der Waals surface area contributed by atoms with Crippen LogP contribution >= 0.6 is 0 Å². The molecule has 3 heterocycles. The molecule has 0 aliphatic carbocycles. The normalized spacial score (nSPS) is 15.3. The molecule has 0 saturated carbocycles. The van der Waals surface area contributed by atoms with E-state index in [0.717, 1.165) is 36.0 Å². The Kier molecular flexibility index (Phi) is 6.80. The van der Waals surface area contributed by atoms with Crippen molar-refractivity contribution in [2.24, 2.45) is 5.73 Å². The lowest BCUT2D eigenvalue weighted by Gasteiger charge is -2.34. The second-order valence-corrected chi connectivity index (χ2v) is 8.81. The van der Waals surface area contributed by atoms with Gasteiger partial charge < -0.3 is 26.0 Å². The van der Waals surface area contributed by atoms with Crippen LogP contribution in [-0.2, 0) is 0 Å². The first-order valence-electron chi connectivity index (χ1n) is 12.0. The molecule has 10 nitrogen and oxygen atoms in total. The lowest BCUT2D eigenvalue weighted by atomic mass is 10.0. The zero-order valence-corrected chi connectivity index (χ0v) is 20.3. The zero-order chi connectivity index (χ0) is 25.8. The highest BCUT2D eigenvalue weighted by Gasteiger charge is 2.24. The minimum atomic E-state index is -0.674. The molecule has 1 aliphatic rings. The Labute approximate surface area is 213 Å². The van der Waals surface area contributed by atoms with Crippen LogP contribution in [0.4, 0.5) is 17.3 Å². The van der Waals surface area contributed by atoms with Crippen molar-refractivity contribution in [3.63, 3.8) is 0 Å². The number of nitrogens with zero attached hydrogens (tertiary/aromatic N) is 4. The standard InChI is InChI=1S/C27H27N7O3/c1-37-21-9-6-17(7-10-21)27(36)32-20-5-3-13-34(16-20)23-15-30-24(25(28)35)26(33-23)31-19-8-11-22-18(14-19)4-2-12-29-22/h2,4,6-12,14-15,20H,3,5,13,16H2,1H3,(H2,28,35)(H,31,33)(H,32,36)/t20-/m1/s1. The van der Waals surface area contributed by atoms with Gasteiger partial charge in [0.1, 0.15) is 11.6 Å². The third kappa shape index (κ3) is 5.43. The number of ether oxygens (including phenoxy) is 1. The van der Waals surface area contributed by atoms with E-state index in [-0.39, 0.29) is 23.5 Å². The Morgan fingerprint density at radius 2 is 1.95 bits per heavy atom. The first kappa shape index (κ1) is 24.0. The lowest BCUT2D eigenvalue weighted by molar-refractivity contribution is 0.0931. The molecule has 37 heavy (non-hydrogen) atoms. The van der Waals surface area contributed by atoms with Crippen molar-refractivity contribution in [3.05, 3.63) is 78.2 Å². The van der Waals surface area contributed by atoms with Crippen molar-refractivity contribution in [1.82, 2.24) is 20.3 Å². The van der Waals surface area contributed by atoms with Gasteiger partial charge in [-0.1, -0.05) is 6.07 Å². The van der Waals surface area contributed by atoms with E-state index in [1.165, 1.54) is 0 Å². The highest BCUT2D eigenvalue weighted by molar-refractivity contribution is 5.97. The lowest BCUT2D eigenvalue weighted by Crippen LogP contribution is -2.48. The van der Waals surface area contributed by atoms with Gasteiger partial charge in [0.2, 0.25) is 0 Å². The molecule has 0 radical (unpaired) electrons. The minimum Gasteiger partial charge on any atom is -0.497 e. The van der Waals surface area contributed by atoms with Crippen LogP contribution in [0.15, 0.2) is 67.0 Å². The summed E-state index contributed by atoms with van der Waals surface area (Å²) >= 11 is 0. The van der Waals surface area contributed by atoms with Crippen LogP contribution in [0.3, 0.4) is 0 Å². The van der Waals surface area contributed by atoms with Gasteiger partial charge in [-0.05, 0) is 61.4 Å². The topological polar surface area (TPSA) is 135 Å². The number of carbonyl (C=O) groups is 2. The van der Waals surface area contributed by atoms with E-state index in [9.17, 15) is 9.59 Å². The number of hydrogen-bond donors (Lipinski definition) is 3. The maximum absolute atomic E-state index is 12.8. The zero-order valence-electron chi connectivity index (χ0n) is 20.3. The van der Waals surface area contributed by atoms with Crippen molar-refractivity contribution >= 4 is 40.0 Å². The molecule has 2 aromatic carbocycles. The Morgan fingerprint density at radius 3 is 2.73 bits per heavy atom. The number of nitrogens with two attached hydrogens (primary N) is 1. The summed E-state index contributed by atoms with van der Waals surface area (Å²) in [5, 5.41) is 7.25. The van der Waals surface area contributed by atoms with Crippen molar-refractivity contribution in [1.29, 1.82) is 0 Å². The fourth-order valence-electron chi connectivity index (χ4n) is 4.40. The van der Waals surface area contributed by atoms with E-state index >= 15 is 0 Å². The summed E-state index contributed by atoms with van der Waals surface area (Å²) in [6.45, 7) is 1.31. The highest BCUT2D eigenvalue weighted by atomic mass is 16.5. The van der Waals surface area contributed by atoms with E-state index in [4.69, 9.17) is 15.5 Å². The molecule has 1 fully saturated rings. The van der Waals surface area contributed by atoms with Crippen LogP contribution in [-0.4, -0.2) is 53.0 Å². The number of hydrogen-bond acceptors (Lipinski definition) is 8. The van der Waals surface area contributed by atoms with E-state index < -0.39 is 5.91 Å². The molecular formula is C27H27N7O3. The number of carbonyl (C=O) groups excluding carboxylic acids is 2. The number of pyridine rings is 1. The van der Waals surface area contributed by atoms with Gasteiger partial charge in [0.05, 0.1) is 18.8 Å². The average molecular weight is 498 g/mol. The number of anilines is 3. The monoisotopic (exact) mass is 497 g/mol. The Morgan fingerprint density at radius 1 is 1.11 bits per heavy atom. The van der Waals surface area contributed by atoms with E-state index in [1.807, 2.05) is 30.3 Å². The molecule has 0 unspecified atom stereocenters. The molecule has 1 atom stereocenters. The number of aromatic nitrogens is 3. The number of rotatable bonds is 7. The van der Waals surface area contributed by atoms with Crippen LogP contribution in [0.1, 0.15) is 33.7 Å². The molecule has 10 heteroatoms. The van der Waals surface area contributed by atoms with Gasteiger partial charge in [-0.25, -0.2) is 9.97 Å². The van der Waals surface area contributed by atoms with Gasteiger partial charge in [-0.3, -0.25) is 14.6 Å². The molecule has 2 aromatic heterocycles. The molecule has 0 bridgehead atoms. The van der Waals surface area contributed by atoms with Crippen LogP contribution in [0, 0.1) is 0 Å². The molecule has 188 valence electrons. The van der Waals surface area contributed by atoms with Gasteiger partial charge in [-0.2, -0.15) is 0 Å². The predicted molar refractivity (Wildman–Crippen MR) is 141 cm³/mol. The van der Waals surface area contributed by atoms with Crippen molar-refractivity contribution in [3.8, 4) is 5.75 Å². The summed E-state index contributed by atoms with van der Waals surface area (Å²) in [6.07, 6.45) is 5.00. The maximum atomic E-state index is 12.8. The summed E-state index contributed by atoms with van der Waals surface area (Å²) in [7, 11) is 1.59. The largest absolute Gasteiger partial charge is 0.497 e. The number of fused-ring (bicyclic) bond motifs is 1. The third-order valence-corrected chi connectivity index (χ3v) is 6.29. The smallest absolute Gasteiger partial charge is 0.271 e. The van der Waals surface area contributed by atoms with Crippen molar-refractivity contribution < 1.29 is 14.3 Å². The first-order valence-corrected chi connectivity index (χ1v) is 12.0. The number of piperidine rings is 1. The SMILES string of the molecule is COc1ccc(C(=O)N[C@@H]2CCCN(c3cnc(C(N)=O)c(Nc4ccc5ncccc5c4)n3)C2)cc1. The quantitative estimate of drug-likeness (QED) is 0.354. The average Bonchev–Trinajstić information content (AvgIpc) is 2.93. The van der Waals surface area contributed by atoms with Gasteiger partial charge in [-0.15, -0.1) is 0 Å². The molecule has 1 aliphatic heterocycles. The number of amides is 2. The predicted octanol–water partition coefficient (Wildman–Crippen LogP) is 3.27. The molecule has 4 N–H and O–H groups in total. The van der Waals surface area contributed by atoms with E-state index in [2.05, 4.69) is 25.5 Å². The van der Waals surface area contributed by atoms with Gasteiger partial charge in [0, 0.05) is 42.0 Å². The first-order chi connectivity index (χ1) is 18.0. The van der Waals surface area contributed by atoms with Crippen molar-refractivity contribution in [2.45, 2.75) is 18.9 Å². The molecule has 1 saturated heterocycles. The van der Waals surface area contributed by atoms with Crippen LogP contribution in [0.25, 0.3) is 10.9 Å². The second kappa shape index (κ2) is 10.5. The minimum absolute atomic E-state index is 0.0522. The highest BCUT2D eigenvalue weighted by Crippen LogP contribution is 2.25. The summed E-state index contributed by atoms with van der Waals surface area (Å²) in [4.78, 5) is 40.2. The van der Waals surface area contributed by atoms with E-state index in [1.54, 1.807) is 43.8 Å². The fraction of sp³-hybridized carbons (Fsp3) is 0.222. The van der Waals surface area contributed by atoms with Crippen LogP contribution in [0.5, 0.6) is 5.75 Å². The van der Waals surface area contributed by atoms with E-state index in [0.29, 0.717) is 23.7 Å². The Bertz CT molecular complexity index is 1440. The van der Waals surface area contributed by atoms with Gasteiger partial charge >= 0.3 is 0 Å². The number of methoxy groups -OCH3 is 1. The second-order valence-electron chi connectivity index (χ2n) is 8.81. The molecule has 0 spiro atoms. The number of benzene rings is 2. The number of primary amides is 1. The Hall–Kier alpha value is -4.73. The Balaban J connectivity index is 1.33. The van der Waals surface area contributed by atoms with Crippen LogP contribution < -0.4 is 26.0 Å². The third-order valence-electron chi connectivity index (χ3n) is 6.29. The molecular weight excluding hydrogens is 470 g/mol. The summed E-state index contributed by atoms with van der Waals surface area (Å²) in [5.41, 5.74) is 7.79. The van der Waals surface area contributed by atoms with Gasteiger partial charge in [0.15, 0.2) is 11.5 Å². The fourth-order valence-corrected chi connectivity index (χ4v) is 4.40. The number of nitrogens with one attached hydrogen (secondary N) is 2. The molecule has 5 rings (SSSR count). The molecule has 4 aromatic rings. The van der Waals surface area contributed by atoms with Crippen molar-refractivity contribution in [2.75, 3.05) is 30.4 Å². The summed E-state index contributed by atoms with van der Waals surface area (Å²) in [6, 6.07) is 16.4. The van der Waals surface area contributed by atoms with Gasteiger partial charge in [0.25, 0.3) is 11.8 Å². The maximum Gasteiger partial charge on any atom is 0.271 e. The summed E-state index contributed by atoms with van der Waals surface area (Å²) in [5.74, 6) is 0.754. The summed E-state index contributed by atoms with van der Waals surface area (Å²) < 4.78 is 5.16. The van der Waals surface area contributed by atoms with Crippen LogP contribution in [0.2, 0.25) is 0 Å². The molecule has 2 amide bonds.